The third-order valence-electron chi connectivity index (χ3n) is 9.10. The van der Waals surface area contributed by atoms with E-state index in [0.29, 0.717) is 56.4 Å². The fourth-order valence-corrected chi connectivity index (χ4v) is 7.00. The molecule has 0 radical (unpaired) electrons. The average molecular weight is 583 g/mol. The fourth-order valence-electron chi connectivity index (χ4n) is 7.00. The molecule has 1 aromatic heterocycles. The zero-order valence-corrected chi connectivity index (χ0v) is 24.4. The maximum atomic E-state index is 13.8. The number of fused-ring (bicyclic) bond motifs is 5. The molecule has 4 amide bonds. The number of aromatic nitrogens is 2. The summed E-state index contributed by atoms with van der Waals surface area (Å²) < 4.78 is 0. The number of nitrogens with zero attached hydrogens (tertiary/aromatic N) is 4. The Hall–Kier alpha value is -4.34. The summed E-state index contributed by atoms with van der Waals surface area (Å²) in [6.07, 6.45) is 6.81. The van der Waals surface area contributed by atoms with Crippen molar-refractivity contribution in [3.05, 3.63) is 72.1 Å². The van der Waals surface area contributed by atoms with Crippen molar-refractivity contribution in [2.24, 2.45) is 11.8 Å². The molecule has 224 valence electrons. The highest BCUT2D eigenvalue weighted by Gasteiger charge is 2.45. The van der Waals surface area contributed by atoms with Gasteiger partial charge in [-0.1, -0.05) is 30.3 Å². The molecule has 3 aliphatic rings. The number of aryl methyl sites for hydroxylation is 1. The maximum Gasteiger partial charge on any atom is 0.253 e. The zero-order valence-electron chi connectivity index (χ0n) is 24.4. The summed E-state index contributed by atoms with van der Waals surface area (Å²) in [6.45, 7) is 3.35. The number of likely N-dealkylation sites (tertiary alicyclic amines) is 1. The molecule has 3 aliphatic heterocycles. The SMILES string of the molecule is C[C@H]1NC(=O)[C@H](CCc2ccccc2)NC(=O)CCC[C@H]2[C@@H]3C[C@@H](CN(C(=O)c4ccc5nccnc5c4)C3)CN2C1=O. The zero-order chi connectivity index (χ0) is 29.9. The van der Waals surface area contributed by atoms with Crippen molar-refractivity contribution in [3.63, 3.8) is 0 Å². The van der Waals surface area contributed by atoms with Gasteiger partial charge in [-0.2, -0.15) is 0 Å². The van der Waals surface area contributed by atoms with Gasteiger partial charge in [0.2, 0.25) is 17.7 Å². The number of amides is 4. The third-order valence-corrected chi connectivity index (χ3v) is 9.10. The third kappa shape index (κ3) is 6.38. The molecule has 2 bridgehead atoms. The van der Waals surface area contributed by atoms with E-state index < -0.39 is 12.1 Å². The molecule has 3 aromatic rings. The van der Waals surface area contributed by atoms with Crippen LogP contribution in [0.1, 0.15) is 54.9 Å². The van der Waals surface area contributed by atoms with E-state index in [0.717, 1.165) is 17.5 Å². The first-order valence-corrected chi connectivity index (χ1v) is 15.3. The van der Waals surface area contributed by atoms with Gasteiger partial charge >= 0.3 is 0 Å². The fraction of sp³-hybridized carbons (Fsp3) is 0.455. The van der Waals surface area contributed by atoms with E-state index in [1.54, 1.807) is 31.5 Å². The van der Waals surface area contributed by atoms with Gasteiger partial charge in [-0.05, 0) is 74.6 Å². The van der Waals surface area contributed by atoms with Gasteiger partial charge in [-0.25, -0.2) is 0 Å². The Morgan fingerprint density at radius 3 is 2.56 bits per heavy atom. The van der Waals surface area contributed by atoms with Crippen LogP contribution in [0.4, 0.5) is 0 Å². The number of nitrogens with one attached hydrogen (secondary N) is 2. The van der Waals surface area contributed by atoms with Crippen LogP contribution in [0.3, 0.4) is 0 Å². The van der Waals surface area contributed by atoms with Crippen molar-refractivity contribution in [1.29, 1.82) is 0 Å². The molecule has 10 nitrogen and oxygen atoms in total. The van der Waals surface area contributed by atoms with Gasteiger partial charge < -0.3 is 20.4 Å². The van der Waals surface area contributed by atoms with Gasteiger partial charge in [-0.15, -0.1) is 0 Å². The predicted octanol–water partition coefficient (Wildman–Crippen LogP) is 2.73. The molecule has 2 aromatic carbocycles. The topological polar surface area (TPSA) is 125 Å². The Morgan fingerprint density at radius 2 is 1.74 bits per heavy atom. The maximum absolute atomic E-state index is 13.8. The van der Waals surface area contributed by atoms with E-state index >= 15 is 0 Å². The number of hydrogen-bond acceptors (Lipinski definition) is 6. The van der Waals surface area contributed by atoms with Crippen LogP contribution in [0.25, 0.3) is 11.0 Å². The summed E-state index contributed by atoms with van der Waals surface area (Å²) in [4.78, 5) is 66.1. The molecule has 6 rings (SSSR count). The van der Waals surface area contributed by atoms with Gasteiger partial charge in [0.05, 0.1) is 11.0 Å². The van der Waals surface area contributed by atoms with Crippen molar-refractivity contribution in [3.8, 4) is 0 Å². The first-order valence-electron chi connectivity index (χ1n) is 15.3. The van der Waals surface area contributed by atoms with Crippen molar-refractivity contribution < 1.29 is 19.2 Å². The molecule has 5 atom stereocenters. The Labute approximate surface area is 251 Å². The molecule has 0 unspecified atom stereocenters. The monoisotopic (exact) mass is 582 g/mol. The Bertz CT molecular complexity index is 1510. The van der Waals surface area contributed by atoms with Crippen LogP contribution >= 0.6 is 0 Å². The first kappa shape index (κ1) is 28.8. The lowest BCUT2D eigenvalue weighted by Crippen LogP contribution is -2.63. The second-order valence-corrected chi connectivity index (χ2v) is 12.2. The van der Waals surface area contributed by atoms with Crippen molar-refractivity contribution in [1.82, 2.24) is 30.4 Å². The second kappa shape index (κ2) is 12.5. The lowest BCUT2D eigenvalue weighted by Gasteiger charge is -2.51. The van der Waals surface area contributed by atoms with Crippen LogP contribution in [-0.4, -0.2) is 81.2 Å². The highest BCUT2D eigenvalue weighted by Crippen LogP contribution is 2.36. The minimum Gasteiger partial charge on any atom is -0.344 e. The van der Waals surface area contributed by atoms with E-state index in [-0.39, 0.29) is 47.9 Å². The highest BCUT2D eigenvalue weighted by atomic mass is 16.2. The highest BCUT2D eigenvalue weighted by molar-refractivity contribution is 5.97. The van der Waals surface area contributed by atoms with Crippen molar-refractivity contribution in [2.45, 2.75) is 63.6 Å². The van der Waals surface area contributed by atoms with E-state index in [2.05, 4.69) is 20.6 Å². The molecule has 43 heavy (non-hydrogen) atoms. The molecular weight excluding hydrogens is 544 g/mol. The van der Waals surface area contributed by atoms with Gasteiger partial charge in [0.15, 0.2) is 0 Å². The molecule has 0 aliphatic carbocycles. The number of rotatable bonds is 4. The minimum absolute atomic E-state index is 0.0447. The molecule has 2 N–H and O–H groups in total. The van der Waals surface area contributed by atoms with Crippen LogP contribution in [0.15, 0.2) is 60.9 Å². The number of benzene rings is 2. The summed E-state index contributed by atoms with van der Waals surface area (Å²) in [5.41, 5.74) is 3.08. The molecule has 4 heterocycles. The summed E-state index contributed by atoms with van der Waals surface area (Å²) in [5, 5.41) is 5.82. The van der Waals surface area contributed by atoms with Gasteiger partial charge in [-0.3, -0.25) is 29.1 Å². The number of carbonyl (C=O) groups is 4. The lowest BCUT2D eigenvalue weighted by molar-refractivity contribution is -0.145. The summed E-state index contributed by atoms with van der Waals surface area (Å²) in [7, 11) is 0. The number of hydrogen-bond donors (Lipinski definition) is 2. The molecule has 0 saturated carbocycles. The van der Waals surface area contributed by atoms with Gasteiger partial charge in [0.1, 0.15) is 12.1 Å². The number of piperidine rings is 2. The quantitative estimate of drug-likeness (QED) is 0.488. The minimum atomic E-state index is -0.721. The normalized spacial score (nSPS) is 26.5. The van der Waals surface area contributed by atoms with E-state index in [9.17, 15) is 19.2 Å². The van der Waals surface area contributed by atoms with E-state index in [4.69, 9.17) is 0 Å². The van der Waals surface area contributed by atoms with Crippen LogP contribution < -0.4 is 10.6 Å². The smallest absolute Gasteiger partial charge is 0.253 e. The van der Waals surface area contributed by atoms with Crippen molar-refractivity contribution >= 4 is 34.7 Å². The Balaban J connectivity index is 1.16. The average Bonchev–Trinajstić information content (AvgIpc) is 3.02. The lowest BCUT2D eigenvalue weighted by atomic mass is 9.77. The standard InChI is InChI=1S/C33H38N6O4/c1-21-32(42)39-19-23-16-25(20-38(18-23)33(43)24-11-13-26-28(17-24)35-15-14-34-26)29(39)8-5-9-30(40)37-27(31(41)36-21)12-10-22-6-3-2-4-7-22/h2-4,6-7,11,13-15,17,21,23,25,27,29H,5,8-10,12,16,18-20H2,1H3,(H,36,41)(H,37,40)/t21-,23+,25-,27+,29+/m1/s1. The predicted molar refractivity (Wildman–Crippen MR) is 161 cm³/mol. The Kier molecular flexibility index (Phi) is 8.35. The molecule has 10 heteroatoms. The van der Waals surface area contributed by atoms with Crippen LogP contribution in [0.5, 0.6) is 0 Å². The second-order valence-electron chi connectivity index (χ2n) is 12.2. The van der Waals surface area contributed by atoms with Gasteiger partial charge in [0, 0.05) is 50.1 Å². The number of carbonyl (C=O) groups excluding carboxylic acids is 4. The van der Waals surface area contributed by atoms with Crippen LogP contribution in [0.2, 0.25) is 0 Å². The first-order chi connectivity index (χ1) is 20.9. The van der Waals surface area contributed by atoms with Crippen molar-refractivity contribution in [2.75, 3.05) is 19.6 Å². The van der Waals surface area contributed by atoms with E-state index in [1.165, 1.54) is 0 Å². The molecular formula is C33H38N6O4. The van der Waals surface area contributed by atoms with Gasteiger partial charge in [0.25, 0.3) is 5.91 Å². The largest absolute Gasteiger partial charge is 0.344 e. The molecule has 3 saturated heterocycles. The Morgan fingerprint density at radius 1 is 0.953 bits per heavy atom. The van der Waals surface area contributed by atoms with E-state index in [1.807, 2.05) is 46.2 Å². The molecule has 3 fully saturated rings. The summed E-state index contributed by atoms with van der Waals surface area (Å²) in [5.74, 6) is -0.412. The van der Waals surface area contributed by atoms with Crippen LogP contribution in [-0.2, 0) is 20.8 Å². The summed E-state index contributed by atoms with van der Waals surface area (Å²) >= 11 is 0. The molecule has 0 spiro atoms. The van der Waals surface area contributed by atoms with Crippen LogP contribution in [0, 0.1) is 11.8 Å². The summed E-state index contributed by atoms with van der Waals surface area (Å²) in [6, 6.07) is 13.7.